The second-order valence-corrected chi connectivity index (χ2v) is 7.68. The van der Waals surface area contributed by atoms with E-state index in [0.717, 1.165) is 32.6 Å². The molecule has 0 spiro atoms. The molecule has 1 aliphatic heterocycles. The smallest absolute Gasteiger partial charge is 0.0669 e. The molecular weight excluding hydrogens is 248 g/mol. The first-order chi connectivity index (χ1) is 9.26. The lowest BCUT2D eigenvalue weighted by atomic mass is 9.89. The Bertz CT molecular complexity index is 295. The van der Waals surface area contributed by atoms with Crippen LogP contribution in [-0.4, -0.2) is 48.3 Å². The van der Waals surface area contributed by atoms with Crippen LogP contribution >= 0.6 is 0 Å². The molecule has 0 aliphatic carbocycles. The molecule has 0 aromatic carbocycles. The molecule has 1 rings (SSSR count). The van der Waals surface area contributed by atoms with Crippen molar-refractivity contribution in [3.05, 3.63) is 11.6 Å². The minimum absolute atomic E-state index is 0.203. The lowest BCUT2D eigenvalue weighted by Gasteiger charge is -2.32. The van der Waals surface area contributed by atoms with Crippen molar-refractivity contribution in [2.45, 2.75) is 66.0 Å². The zero-order valence-electron chi connectivity index (χ0n) is 14.1. The van der Waals surface area contributed by atoms with Crippen LogP contribution < -0.4 is 5.32 Å². The maximum atomic E-state index is 10.0. The van der Waals surface area contributed by atoms with Gasteiger partial charge in [0.05, 0.1) is 6.10 Å². The topological polar surface area (TPSA) is 35.5 Å². The highest BCUT2D eigenvalue weighted by molar-refractivity contribution is 4.95. The van der Waals surface area contributed by atoms with Gasteiger partial charge in [-0.15, -0.1) is 0 Å². The van der Waals surface area contributed by atoms with Crippen molar-refractivity contribution in [2.75, 3.05) is 26.2 Å². The number of nitrogens with one attached hydrogen (secondary N) is 1. The number of likely N-dealkylation sites (tertiary alicyclic amines) is 1. The Balaban J connectivity index is 2.18. The van der Waals surface area contributed by atoms with Gasteiger partial charge in [-0.1, -0.05) is 32.4 Å². The molecule has 118 valence electrons. The number of hydrogen-bond acceptors (Lipinski definition) is 3. The van der Waals surface area contributed by atoms with Crippen molar-refractivity contribution in [1.29, 1.82) is 0 Å². The molecule has 3 nitrogen and oxygen atoms in total. The molecule has 1 aliphatic rings. The summed E-state index contributed by atoms with van der Waals surface area (Å²) in [6, 6.07) is 0.576. The van der Waals surface area contributed by atoms with E-state index < -0.39 is 0 Å². The fourth-order valence-electron chi connectivity index (χ4n) is 2.71. The van der Waals surface area contributed by atoms with Crippen LogP contribution in [0.3, 0.4) is 0 Å². The highest BCUT2D eigenvalue weighted by atomic mass is 16.3. The Labute approximate surface area is 125 Å². The van der Waals surface area contributed by atoms with Gasteiger partial charge in [-0.25, -0.2) is 0 Å². The molecule has 0 amide bonds. The van der Waals surface area contributed by atoms with E-state index in [0.29, 0.717) is 6.04 Å². The first-order valence-corrected chi connectivity index (χ1v) is 8.03. The summed E-state index contributed by atoms with van der Waals surface area (Å²) in [6.45, 7) is 15.0. The average molecular weight is 282 g/mol. The van der Waals surface area contributed by atoms with E-state index in [4.69, 9.17) is 0 Å². The summed E-state index contributed by atoms with van der Waals surface area (Å²) < 4.78 is 0. The van der Waals surface area contributed by atoms with Crippen molar-refractivity contribution in [3.8, 4) is 0 Å². The van der Waals surface area contributed by atoms with Gasteiger partial charge < -0.3 is 10.4 Å². The van der Waals surface area contributed by atoms with Gasteiger partial charge in [0.2, 0.25) is 0 Å². The van der Waals surface area contributed by atoms with Crippen LogP contribution in [-0.2, 0) is 0 Å². The van der Waals surface area contributed by atoms with Crippen molar-refractivity contribution in [2.24, 2.45) is 5.41 Å². The Morgan fingerprint density at radius 2 is 1.90 bits per heavy atom. The lowest BCUT2D eigenvalue weighted by molar-refractivity contribution is 0.111. The van der Waals surface area contributed by atoms with Crippen molar-refractivity contribution in [1.82, 2.24) is 10.2 Å². The summed E-state index contributed by atoms with van der Waals surface area (Å²) >= 11 is 0. The number of nitrogens with zero attached hydrogens (tertiary/aromatic N) is 1. The monoisotopic (exact) mass is 282 g/mol. The maximum absolute atomic E-state index is 10.0. The normalized spacial score (nSPS) is 19.9. The van der Waals surface area contributed by atoms with Gasteiger partial charge >= 0.3 is 0 Å². The van der Waals surface area contributed by atoms with E-state index in [-0.39, 0.29) is 11.5 Å². The standard InChI is InChI=1S/C17H34N2O/c1-14(2)6-9-19-10-7-15(8-11-19)18-13-16(20)12-17(3,4)5/h6,15-16,18,20H,7-13H2,1-5H3. The summed E-state index contributed by atoms with van der Waals surface area (Å²) in [4.78, 5) is 2.51. The lowest BCUT2D eigenvalue weighted by Crippen LogP contribution is -2.45. The first kappa shape index (κ1) is 17.7. The van der Waals surface area contributed by atoms with Crippen LogP contribution in [0, 0.1) is 5.41 Å². The zero-order valence-corrected chi connectivity index (χ0v) is 14.1. The fraction of sp³-hybridized carbons (Fsp3) is 0.882. The molecule has 0 bridgehead atoms. The first-order valence-electron chi connectivity index (χ1n) is 8.03. The van der Waals surface area contributed by atoms with Gasteiger partial charge in [0.25, 0.3) is 0 Å². The van der Waals surface area contributed by atoms with Crippen LogP contribution in [0.5, 0.6) is 0 Å². The summed E-state index contributed by atoms with van der Waals surface area (Å²) in [6.07, 6.45) is 5.33. The number of aliphatic hydroxyl groups excluding tert-OH is 1. The molecule has 1 heterocycles. The molecule has 3 heteroatoms. The number of hydrogen-bond donors (Lipinski definition) is 2. The van der Waals surface area contributed by atoms with Crippen LogP contribution in [0.15, 0.2) is 11.6 Å². The SMILES string of the molecule is CC(C)=CCN1CCC(NCC(O)CC(C)(C)C)CC1. The molecule has 1 unspecified atom stereocenters. The van der Waals surface area contributed by atoms with E-state index in [1.165, 1.54) is 18.4 Å². The molecular formula is C17H34N2O. The molecule has 1 atom stereocenters. The van der Waals surface area contributed by atoms with Crippen molar-refractivity contribution in [3.63, 3.8) is 0 Å². The second kappa shape index (κ2) is 8.16. The van der Waals surface area contributed by atoms with E-state index in [2.05, 4.69) is 50.9 Å². The highest BCUT2D eigenvalue weighted by Gasteiger charge is 2.20. The molecule has 1 fully saturated rings. The predicted molar refractivity (Wildman–Crippen MR) is 87.0 cm³/mol. The molecule has 0 radical (unpaired) electrons. The number of rotatable bonds is 6. The number of allylic oxidation sites excluding steroid dienone is 1. The minimum Gasteiger partial charge on any atom is -0.392 e. The predicted octanol–water partition coefficient (Wildman–Crippen LogP) is 2.80. The van der Waals surface area contributed by atoms with Crippen LogP contribution in [0.4, 0.5) is 0 Å². The molecule has 2 N–H and O–H groups in total. The van der Waals surface area contributed by atoms with Crippen molar-refractivity contribution < 1.29 is 5.11 Å². The highest BCUT2D eigenvalue weighted by Crippen LogP contribution is 2.20. The van der Waals surface area contributed by atoms with Gasteiger partial charge in [-0.05, 0) is 51.6 Å². The van der Waals surface area contributed by atoms with Gasteiger partial charge in [0.1, 0.15) is 0 Å². The van der Waals surface area contributed by atoms with Crippen molar-refractivity contribution >= 4 is 0 Å². The van der Waals surface area contributed by atoms with E-state index >= 15 is 0 Å². The summed E-state index contributed by atoms with van der Waals surface area (Å²) in [5.41, 5.74) is 1.60. The minimum atomic E-state index is -0.223. The van der Waals surface area contributed by atoms with Gasteiger partial charge in [-0.3, -0.25) is 4.90 Å². The summed E-state index contributed by atoms with van der Waals surface area (Å²) in [7, 11) is 0. The Morgan fingerprint density at radius 3 is 2.40 bits per heavy atom. The van der Waals surface area contributed by atoms with Gasteiger partial charge in [-0.2, -0.15) is 0 Å². The van der Waals surface area contributed by atoms with Gasteiger partial charge in [0, 0.05) is 19.1 Å². The molecule has 20 heavy (non-hydrogen) atoms. The van der Waals surface area contributed by atoms with E-state index in [1.807, 2.05) is 0 Å². The van der Waals surface area contributed by atoms with Gasteiger partial charge in [0.15, 0.2) is 0 Å². The Morgan fingerprint density at radius 1 is 1.30 bits per heavy atom. The third-order valence-corrected chi connectivity index (χ3v) is 3.84. The third-order valence-electron chi connectivity index (χ3n) is 3.84. The molecule has 0 aromatic heterocycles. The number of piperidine rings is 1. The molecule has 0 aromatic rings. The third kappa shape index (κ3) is 8.03. The largest absolute Gasteiger partial charge is 0.392 e. The second-order valence-electron chi connectivity index (χ2n) is 7.68. The maximum Gasteiger partial charge on any atom is 0.0669 e. The Hall–Kier alpha value is -0.380. The van der Waals surface area contributed by atoms with Crippen LogP contribution in [0.1, 0.15) is 53.9 Å². The van der Waals surface area contributed by atoms with E-state index in [1.54, 1.807) is 0 Å². The summed E-state index contributed by atoms with van der Waals surface area (Å²) in [5, 5.41) is 13.6. The molecule has 0 saturated carbocycles. The number of aliphatic hydroxyl groups is 1. The summed E-state index contributed by atoms with van der Waals surface area (Å²) in [5.74, 6) is 0. The fourth-order valence-corrected chi connectivity index (χ4v) is 2.71. The Kier molecular flexibility index (Phi) is 7.21. The van der Waals surface area contributed by atoms with Crippen LogP contribution in [0.2, 0.25) is 0 Å². The molecule has 1 saturated heterocycles. The van der Waals surface area contributed by atoms with E-state index in [9.17, 15) is 5.11 Å². The zero-order chi connectivity index (χ0) is 15.2. The quantitative estimate of drug-likeness (QED) is 0.735. The average Bonchev–Trinajstić information content (AvgIpc) is 2.33. The van der Waals surface area contributed by atoms with Crippen LogP contribution in [0.25, 0.3) is 0 Å².